The Labute approximate surface area is 94.1 Å². The maximum absolute atomic E-state index is 11.5. The molecule has 16 heavy (non-hydrogen) atoms. The van der Waals surface area contributed by atoms with E-state index in [2.05, 4.69) is 10.3 Å². The second-order valence-electron chi connectivity index (χ2n) is 3.50. The minimum Gasteiger partial charge on any atom is -0.393 e. The largest absolute Gasteiger partial charge is 0.393 e. The fourth-order valence-electron chi connectivity index (χ4n) is 1.24. The van der Waals surface area contributed by atoms with Gasteiger partial charge in [-0.1, -0.05) is 6.92 Å². The third kappa shape index (κ3) is 3.41. The summed E-state index contributed by atoms with van der Waals surface area (Å²) in [6.45, 7) is 2.31. The number of nitriles is 1. The Morgan fingerprint density at radius 3 is 3.00 bits per heavy atom. The Morgan fingerprint density at radius 2 is 2.44 bits per heavy atom. The van der Waals surface area contributed by atoms with Crippen LogP contribution in [0.1, 0.15) is 35.9 Å². The highest BCUT2D eigenvalue weighted by Gasteiger charge is 2.08. The molecule has 1 unspecified atom stereocenters. The molecule has 86 valence electrons. The van der Waals surface area contributed by atoms with E-state index in [0.29, 0.717) is 30.8 Å². The summed E-state index contributed by atoms with van der Waals surface area (Å²) >= 11 is 0. The second kappa shape index (κ2) is 5.93. The number of aliphatic hydroxyl groups excluding tert-OH is 1. The third-order valence-electron chi connectivity index (χ3n) is 2.29. The number of nitrogens with one attached hydrogen (secondary N) is 2. The van der Waals surface area contributed by atoms with Crippen molar-refractivity contribution in [3.05, 3.63) is 23.5 Å². The lowest BCUT2D eigenvalue weighted by Crippen LogP contribution is -2.27. The first-order valence-corrected chi connectivity index (χ1v) is 5.22. The van der Waals surface area contributed by atoms with E-state index < -0.39 is 0 Å². The molecular formula is C11H15N3O2. The number of aliphatic hydroxyl groups is 1. The first-order chi connectivity index (χ1) is 7.67. The van der Waals surface area contributed by atoms with Gasteiger partial charge in [-0.2, -0.15) is 5.26 Å². The lowest BCUT2D eigenvalue weighted by atomic mass is 10.2. The van der Waals surface area contributed by atoms with Gasteiger partial charge in [-0.25, -0.2) is 0 Å². The summed E-state index contributed by atoms with van der Waals surface area (Å²) in [5, 5.41) is 20.5. The van der Waals surface area contributed by atoms with Crippen molar-refractivity contribution in [1.29, 1.82) is 5.26 Å². The van der Waals surface area contributed by atoms with Crippen LogP contribution < -0.4 is 5.32 Å². The number of nitrogens with zero attached hydrogens (tertiary/aromatic N) is 1. The molecule has 0 aliphatic rings. The van der Waals surface area contributed by atoms with E-state index >= 15 is 0 Å². The molecule has 1 heterocycles. The number of hydrogen-bond donors (Lipinski definition) is 3. The molecule has 1 aromatic heterocycles. The smallest absolute Gasteiger partial charge is 0.267 e. The molecular weight excluding hydrogens is 206 g/mol. The molecule has 0 saturated carbocycles. The predicted molar refractivity (Wildman–Crippen MR) is 58.8 cm³/mol. The SMILES string of the molecule is CCC(O)CCNC(=O)c1ccc(C#N)[nH]1. The Bertz CT molecular complexity index is 392. The number of H-pyrrole nitrogens is 1. The maximum Gasteiger partial charge on any atom is 0.267 e. The van der Waals surface area contributed by atoms with E-state index in [0.717, 1.165) is 0 Å². The molecule has 0 aromatic carbocycles. The Balaban J connectivity index is 2.38. The van der Waals surface area contributed by atoms with Gasteiger partial charge < -0.3 is 15.4 Å². The summed E-state index contributed by atoms with van der Waals surface area (Å²) < 4.78 is 0. The number of hydrogen-bond acceptors (Lipinski definition) is 3. The minimum atomic E-state index is -0.376. The molecule has 1 rings (SSSR count). The van der Waals surface area contributed by atoms with Crippen LogP contribution in [0.15, 0.2) is 12.1 Å². The average Bonchev–Trinajstić information content (AvgIpc) is 2.77. The number of carbonyl (C=O) groups is 1. The Kier molecular flexibility index (Phi) is 4.55. The average molecular weight is 221 g/mol. The highest BCUT2D eigenvalue weighted by atomic mass is 16.3. The minimum absolute atomic E-state index is 0.259. The van der Waals surface area contributed by atoms with Crippen LogP contribution in [0.4, 0.5) is 0 Å². The number of aromatic amines is 1. The van der Waals surface area contributed by atoms with Crippen molar-refractivity contribution < 1.29 is 9.90 Å². The molecule has 5 nitrogen and oxygen atoms in total. The summed E-state index contributed by atoms with van der Waals surface area (Å²) in [5.41, 5.74) is 0.723. The van der Waals surface area contributed by atoms with Crippen molar-refractivity contribution in [2.45, 2.75) is 25.9 Å². The highest BCUT2D eigenvalue weighted by molar-refractivity contribution is 5.92. The van der Waals surface area contributed by atoms with Crippen molar-refractivity contribution in [2.75, 3.05) is 6.54 Å². The van der Waals surface area contributed by atoms with Crippen molar-refractivity contribution in [2.24, 2.45) is 0 Å². The predicted octanol–water partition coefficient (Wildman–Crippen LogP) is 0.777. The van der Waals surface area contributed by atoms with Crippen LogP contribution in [-0.4, -0.2) is 28.6 Å². The second-order valence-corrected chi connectivity index (χ2v) is 3.50. The Morgan fingerprint density at radius 1 is 1.69 bits per heavy atom. The zero-order valence-corrected chi connectivity index (χ0v) is 9.16. The van der Waals surface area contributed by atoms with Gasteiger partial charge in [0.1, 0.15) is 17.5 Å². The molecule has 3 N–H and O–H groups in total. The fourth-order valence-corrected chi connectivity index (χ4v) is 1.24. The summed E-state index contributed by atoms with van der Waals surface area (Å²) in [6, 6.07) is 5.02. The number of aromatic nitrogens is 1. The van der Waals surface area contributed by atoms with Gasteiger partial charge in [0.05, 0.1) is 6.10 Å². The van der Waals surface area contributed by atoms with Crippen LogP contribution in [0.25, 0.3) is 0 Å². The maximum atomic E-state index is 11.5. The van der Waals surface area contributed by atoms with E-state index in [4.69, 9.17) is 5.26 Å². The van der Waals surface area contributed by atoms with Gasteiger partial charge in [0.2, 0.25) is 0 Å². The molecule has 0 saturated heterocycles. The number of amides is 1. The van der Waals surface area contributed by atoms with Crippen LogP contribution in [0.5, 0.6) is 0 Å². The molecule has 1 amide bonds. The van der Waals surface area contributed by atoms with Gasteiger partial charge in [0.25, 0.3) is 5.91 Å². The van der Waals surface area contributed by atoms with Gasteiger partial charge in [-0.3, -0.25) is 4.79 Å². The number of rotatable bonds is 5. The molecule has 0 spiro atoms. The van der Waals surface area contributed by atoms with Gasteiger partial charge >= 0.3 is 0 Å². The molecule has 1 aromatic rings. The summed E-state index contributed by atoms with van der Waals surface area (Å²) in [7, 11) is 0. The fraction of sp³-hybridized carbons (Fsp3) is 0.455. The van der Waals surface area contributed by atoms with Crippen molar-refractivity contribution in [3.63, 3.8) is 0 Å². The van der Waals surface area contributed by atoms with Crippen LogP contribution in [0, 0.1) is 11.3 Å². The summed E-state index contributed by atoms with van der Waals surface area (Å²) in [5.74, 6) is -0.259. The van der Waals surface area contributed by atoms with Crippen LogP contribution in [0.3, 0.4) is 0 Å². The lowest BCUT2D eigenvalue weighted by Gasteiger charge is -2.07. The first kappa shape index (κ1) is 12.3. The molecule has 1 atom stereocenters. The Hall–Kier alpha value is -1.80. The van der Waals surface area contributed by atoms with E-state index in [9.17, 15) is 9.90 Å². The van der Waals surface area contributed by atoms with Gasteiger partial charge in [0.15, 0.2) is 0 Å². The monoisotopic (exact) mass is 221 g/mol. The lowest BCUT2D eigenvalue weighted by molar-refractivity contribution is 0.0937. The zero-order chi connectivity index (χ0) is 12.0. The summed E-state index contributed by atoms with van der Waals surface area (Å²) in [4.78, 5) is 14.2. The first-order valence-electron chi connectivity index (χ1n) is 5.22. The highest BCUT2D eigenvalue weighted by Crippen LogP contribution is 2.00. The van der Waals surface area contributed by atoms with Crippen LogP contribution in [-0.2, 0) is 0 Å². The van der Waals surface area contributed by atoms with E-state index in [-0.39, 0.29) is 12.0 Å². The number of carbonyl (C=O) groups excluding carboxylic acids is 1. The summed E-state index contributed by atoms with van der Waals surface area (Å²) in [6.07, 6.45) is 0.837. The van der Waals surface area contributed by atoms with Gasteiger partial charge in [-0.05, 0) is 25.0 Å². The normalized spacial score (nSPS) is 11.8. The molecule has 0 aliphatic carbocycles. The molecule has 0 bridgehead atoms. The van der Waals surface area contributed by atoms with Crippen molar-refractivity contribution in [3.8, 4) is 6.07 Å². The third-order valence-corrected chi connectivity index (χ3v) is 2.29. The van der Waals surface area contributed by atoms with E-state index in [1.54, 1.807) is 12.1 Å². The quantitative estimate of drug-likeness (QED) is 0.686. The molecule has 5 heteroatoms. The van der Waals surface area contributed by atoms with E-state index in [1.165, 1.54) is 0 Å². The standard InChI is InChI=1S/C11H15N3O2/c1-2-9(15)5-6-13-11(16)10-4-3-8(7-12)14-10/h3-4,9,14-15H,2,5-6H2,1H3,(H,13,16). The van der Waals surface area contributed by atoms with Crippen molar-refractivity contribution in [1.82, 2.24) is 10.3 Å². The van der Waals surface area contributed by atoms with Gasteiger partial charge in [0, 0.05) is 6.54 Å². The van der Waals surface area contributed by atoms with Crippen LogP contribution in [0.2, 0.25) is 0 Å². The topological polar surface area (TPSA) is 88.9 Å². The molecule has 0 aliphatic heterocycles. The van der Waals surface area contributed by atoms with Gasteiger partial charge in [-0.15, -0.1) is 0 Å². The van der Waals surface area contributed by atoms with Crippen LogP contribution >= 0.6 is 0 Å². The van der Waals surface area contributed by atoms with E-state index in [1.807, 2.05) is 13.0 Å². The molecule has 0 fully saturated rings. The van der Waals surface area contributed by atoms with Crippen molar-refractivity contribution >= 4 is 5.91 Å². The zero-order valence-electron chi connectivity index (χ0n) is 9.16. The molecule has 0 radical (unpaired) electrons.